The van der Waals surface area contributed by atoms with E-state index >= 15 is 0 Å². The lowest BCUT2D eigenvalue weighted by Gasteiger charge is -2.40. The highest BCUT2D eigenvalue weighted by Crippen LogP contribution is 2.27. The smallest absolute Gasteiger partial charge is 0.225 e. The average molecular weight is 320 g/mol. The fraction of sp³-hybridized carbons (Fsp3) is 0.611. The summed E-state index contributed by atoms with van der Waals surface area (Å²) in [6.07, 6.45) is 3.71. The van der Waals surface area contributed by atoms with Crippen LogP contribution in [0.3, 0.4) is 0 Å². The van der Waals surface area contributed by atoms with Crippen molar-refractivity contribution >= 4 is 5.91 Å². The number of benzene rings is 1. The number of halogens is 1. The Morgan fingerprint density at radius 3 is 2.87 bits per heavy atom. The molecule has 3 rings (SSSR count). The maximum absolute atomic E-state index is 14.1. The minimum Gasteiger partial charge on any atom is -0.378 e. The molecule has 0 N–H and O–H groups in total. The van der Waals surface area contributed by atoms with Crippen molar-refractivity contribution in [2.45, 2.75) is 37.8 Å². The van der Waals surface area contributed by atoms with E-state index in [1.807, 2.05) is 24.1 Å². The van der Waals surface area contributed by atoms with Gasteiger partial charge >= 0.3 is 0 Å². The predicted molar refractivity (Wildman–Crippen MR) is 86.6 cm³/mol. The number of nitrogens with zero attached hydrogens (tertiary/aromatic N) is 2. The van der Waals surface area contributed by atoms with Crippen LogP contribution in [0, 0.1) is 5.82 Å². The molecule has 0 aromatic heterocycles. The summed E-state index contributed by atoms with van der Waals surface area (Å²) in [5.41, 5.74) is 0.668. The Bertz CT molecular complexity index is 546. The number of amides is 1. The first-order valence-electron chi connectivity index (χ1n) is 8.49. The van der Waals surface area contributed by atoms with Crippen molar-refractivity contribution in [2.24, 2.45) is 0 Å². The lowest BCUT2D eigenvalue weighted by Crippen LogP contribution is -2.49. The topological polar surface area (TPSA) is 32.8 Å². The van der Waals surface area contributed by atoms with Crippen LogP contribution in [0.2, 0.25) is 0 Å². The van der Waals surface area contributed by atoms with Gasteiger partial charge in [0.05, 0.1) is 18.6 Å². The van der Waals surface area contributed by atoms with Crippen LogP contribution in [0.25, 0.3) is 0 Å². The first kappa shape index (κ1) is 16.4. The normalized spacial score (nSPS) is 26.3. The van der Waals surface area contributed by atoms with Gasteiger partial charge in [0.1, 0.15) is 5.82 Å². The zero-order valence-electron chi connectivity index (χ0n) is 13.7. The molecule has 23 heavy (non-hydrogen) atoms. The van der Waals surface area contributed by atoms with E-state index in [1.165, 1.54) is 6.07 Å². The van der Waals surface area contributed by atoms with Crippen LogP contribution in [-0.4, -0.2) is 55.1 Å². The van der Waals surface area contributed by atoms with Gasteiger partial charge in [0.15, 0.2) is 0 Å². The number of likely N-dealkylation sites (N-methyl/N-ethyl adjacent to an activating group) is 1. The van der Waals surface area contributed by atoms with Crippen LogP contribution in [0.4, 0.5) is 4.39 Å². The summed E-state index contributed by atoms with van der Waals surface area (Å²) in [6, 6.07) is 6.77. The lowest BCUT2D eigenvalue weighted by molar-refractivity contribution is -0.138. The molecule has 1 amide bonds. The third kappa shape index (κ3) is 3.90. The van der Waals surface area contributed by atoms with E-state index in [-0.39, 0.29) is 23.9 Å². The van der Waals surface area contributed by atoms with E-state index in [4.69, 9.17) is 4.74 Å². The number of ether oxygens (including phenoxy) is 1. The van der Waals surface area contributed by atoms with Crippen molar-refractivity contribution in [3.05, 3.63) is 35.6 Å². The van der Waals surface area contributed by atoms with E-state index < -0.39 is 0 Å². The molecule has 2 aliphatic rings. The van der Waals surface area contributed by atoms with E-state index in [0.717, 1.165) is 32.4 Å². The van der Waals surface area contributed by atoms with Crippen molar-refractivity contribution in [2.75, 3.05) is 33.3 Å². The lowest BCUT2D eigenvalue weighted by atomic mass is 10.0. The molecule has 1 aromatic rings. The average Bonchev–Trinajstić information content (AvgIpc) is 2.57. The third-order valence-corrected chi connectivity index (χ3v) is 4.94. The van der Waals surface area contributed by atoms with Crippen LogP contribution in [0.5, 0.6) is 0 Å². The summed E-state index contributed by atoms with van der Waals surface area (Å²) in [5.74, 6) is -0.0689. The van der Waals surface area contributed by atoms with Gasteiger partial charge in [0.25, 0.3) is 0 Å². The molecular weight excluding hydrogens is 295 g/mol. The number of hydrogen-bond donors (Lipinski definition) is 0. The van der Waals surface area contributed by atoms with Crippen LogP contribution in [0.1, 0.15) is 37.3 Å². The van der Waals surface area contributed by atoms with Crippen molar-refractivity contribution < 1.29 is 13.9 Å². The molecule has 0 saturated carbocycles. The van der Waals surface area contributed by atoms with Crippen molar-refractivity contribution in [3.8, 4) is 0 Å². The third-order valence-electron chi connectivity index (χ3n) is 4.94. The molecule has 0 spiro atoms. The second-order valence-electron chi connectivity index (χ2n) is 6.55. The SMILES string of the molecule is CN1CCN(C(=O)CC2CCCCO2)CC1c1ccccc1F. The van der Waals surface area contributed by atoms with Crippen molar-refractivity contribution in [1.82, 2.24) is 9.80 Å². The standard InChI is InChI=1S/C18H25FN2O2/c1-20-9-10-21(18(22)12-14-6-4-5-11-23-14)13-17(20)15-7-2-3-8-16(15)19/h2-3,7-8,14,17H,4-6,9-13H2,1H3. The van der Waals surface area contributed by atoms with Crippen LogP contribution < -0.4 is 0 Å². The van der Waals surface area contributed by atoms with Gasteiger partial charge in [0.2, 0.25) is 5.91 Å². The van der Waals surface area contributed by atoms with Gasteiger partial charge in [-0.15, -0.1) is 0 Å². The van der Waals surface area contributed by atoms with Crippen molar-refractivity contribution in [3.63, 3.8) is 0 Å². The Balaban J connectivity index is 1.65. The highest BCUT2D eigenvalue weighted by molar-refractivity contribution is 5.77. The molecule has 1 aromatic carbocycles. The van der Waals surface area contributed by atoms with E-state index in [9.17, 15) is 9.18 Å². The molecule has 5 heteroatoms. The molecule has 2 atom stereocenters. The summed E-state index contributed by atoms with van der Waals surface area (Å²) >= 11 is 0. The summed E-state index contributed by atoms with van der Waals surface area (Å²) < 4.78 is 19.8. The number of rotatable bonds is 3. The first-order valence-corrected chi connectivity index (χ1v) is 8.49. The second kappa shape index (κ2) is 7.41. The molecule has 2 saturated heterocycles. The highest BCUT2D eigenvalue weighted by Gasteiger charge is 2.31. The van der Waals surface area contributed by atoms with Gasteiger partial charge in [-0.3, -0.25) is 9.69 Å². The summed E-state index contributed by atoms with van der Waals surface area (Å²) in [7, 11) is 1.99. The molecule has 2 aliphatic heterocycles. The van der Waals surface area contributed by atoms with Crippen LogP contribution in [-0.2, 0) is 9.53 Å². The minimum atomic E-state index is -0.200. The van der Waals surface area contributed by atoms with Gasteiger partial charge in [-0.05, 0) is 32.4 Å². The maximum atomic E-state index is 14.1. The fourth-order valence-corrected chi connectivity index (χ4v) is 3.47. The Morgan fingerprint density at radius 1 is 1.30 bits per heavy atom. The van der Waals surface area contributed by atoms with Crippen LogP contribution in [0.15, 0.2) is 24.3 Å². The number of carbonyl (C=O) groups is 1. The first-order chi connectivity index (χ1) is 11.1. The molecule has 2 unspecified atom stereocenters. The predicted octanol–water partition coefficient (Wildman–Crippen LogP) is 2.60. The zero-order chi connectivity index (χ0) is 16.2. The number of piperazine rings is 1. The summed E-state index contributed by atoms with van der Waals surface area (Å²) in [4.78, 5) is 16.6. The summed E-state index contributed by atoms with van der Waals surface area (Å²) in [6.45, 7) is 2.77. The van der Waals surface area contributed by atoms with E-state index in [0.29, 0.717) is 25.1 Å². The minimum absolute atomic E-state index is 0.0582. The Morgan fingerprint density at radius 2 is 2.13 bits per heavy atom. The largest absolute Gasteiger partial charge is 0.378 e. The number of carbonyl (C=O) groups excluding carboxylic acids is 1. The molecule has 2 fully saturated rings. The van der Waals surface area contributed by atoms with Crippen molar-refractivity contribution in [1.29, 1.82) is 0 Å². The summed E-state index contributed by atoms with van der Waals surface area (Å²) in [5, 5.41) is 0. The molecule has 2 heterocycles. The quantitative estimate of drug-likeness (QED) is 0.858. The maximum Gasteiger partial charge on any atom is 0.225 e. The second-order valence-corrected chi connectivity index (χ2v) is 6.55. The monoisotopic (exact) mass is 320 g/mol. The Hall–Kier alpha value is -1.46. The van der Waals surface area contributed by atoms with Gasteiger partial charge in [-0.25, -0.2) is 4.39 Å². The Labute approximate surface area is 137 Å². The van der Waals surface area contributed by atoms with Gasteiger partial charge in [-0.1, -0.05) is 18.2 Å². The van der Waals surface area contributed by atoms with Gasteiger partial charge in [-0.2, -0.15) is 0 Å². The van der Waals surface area contributed by atoms with Gasteiger partial charge < -0.3 is 9.64 Å². The molecule has 4 nitrogen and oxygen atoms in total. The van der Waals surface area contributed by atoms with E-state index in [1.54, 1.807) is 6.07 Å². The Kier molecular flexibility index (Phi) is 5.28. The molecule has 126 valence electrons. The molecule has 0 radical (unpaired) electrons. The fourth-order valence-electron chi connectivity index (χ4n) is 3.47. The molecular formula is C18H25FN2O2. The number of hydrogen-bond acceptors (Lipinski definition) is 3. The highest BCUT2D eigenvalue weighted by atomic mass is 19.1. The van der Waals surface area contributed by atoms with Gasteiger partial charge in [0, 0.05) is 31.8 Å². The van der Waals surface area contributed by atoms with Crippen LogP contribution >= 0.6 is 0 Å². The molecule has 0 aliphatic carbocycles. The van der Waals surface area contributed by atoms with E-state index in [2.05, 4.69) is 4.90 Å². The zero-order valence-corrected chi connectivity index (χ0v) is 13.7. The molecule has 0 bridgehead atoms.